The van der Waals surface area contributed by atoms with E-state index in [1.807, 2.05) is 48.6 Å². The van der Waals surface area contributed by atoms with Crippen molar-refractivity contribution in [2.75, 3.05) is 6.54 Å². The first-order chi connectivity index (χ1) is 10.6. The lowest BCUT2D eigenvalue weighted by atomic mass is 9.96. The van der Waals surface area contributed by atoms with E-state index in [-0.39, 0.29) is 11.9 Å². The Morgan fingerprint density at radius 3 is 2.91 bits per heavy atom. The molecule has 4 nitrogen and oxygen atoms in total. The number of carbonyl (C=O) groups excluding carboxylic acids is 1. The maximum absolute atomic E-state index is 12.8. The van der Waals surface area contributed by atoms with Gasteiger partial charge < -0.3 is 4.90 Å². The monoisotopic (exact) mass is 317 g/mol. The van der Waals surface area contributed by atoms with Gasteiger partial charge in [-0.2, -0.15) is 5.10 Å². The molecule has 3 rings (SSSR count). The van der Waals surface area contributed by atoms with Gasteiger partial charge in [0.05, 0.1) is 18.7 Å². The fourth-order valence-corrected chi connectivity index (χ4v) is 3.30. The second-order valence-electron chi connectivity index (χ2n) is 5.81. The van der Waals surface area contributed by atoms with Crippen molar-refractivity contribution in [1.82, 2.24) is 14.7 Å². The Morgan fingerprint density at radius 1 is 1.36 bits per heavy atom. The van der Waals surface area contributed by atoms with Gasteiger partial charge in [-0.15, -0.1) is 0 Å². The minimum absolute atomic E-state index is 0.137. The molecular weight excluding hydrogens is 298 g/mol. The van der Waals surface area contributed by atoms with Gasteiger partial charge in [0.15, 0.2) is 0 Å². The fourth-order valence-electron chi connectivity index (χ4n) is 3.10. The largest absolute Gasteiger partial charge is 0.335 e. The molecule has 116 valence electrons. The molecule has 0 radical (unpaired) electrons. The first-order valence-corrected chi connectivity index (χ1v) is 8.04. The highest BCUT2D eigenvalue weighted by molar-refractivity contribution is 6.31. The smallest absolute Gasteiger partial charge is 0.227 e. The molecule has 1 atom stereocenters. The number of hydrogen-bond acceptors (Lipinski definition) is 2. The summed E-state index contributed by atoms with van der Waals surface area (Å²) in [6.07, 6.45) is 7.44. The van der Waals surface area contributed by atoms with Gasteiger partial charge in [-0.25, -0.2) is 0 Å². The third-order valence-corrected chi connectivity index (χ3v) is 4.60. The first-order valence-electron chi connectivity index (χ1n) is 7.66. The van der Waals surface area contributed by atoms with Gasteiger partial charge in [-0.1, -0.05) is 29.8 Å². The topological polar surface area (TPSA) is 38.1 Å². The summed E-state index contributed by atoms with van der Waals surface area (Å²) in [6, 6.07) is 7.69. The van der Waals surface area contributed by atoms with E-state index in [4.69, 9.17) is 11.6 Å². The van der Waals surface area contributed by atoms with Crippen LogP contribution in [-0.2, 0) is 18.3 Å². The quantitative estimate of drug-likeness (QED) is 0.870. The van der Waals surface area contributed by atoms with E-state index >= 15 is 0 Å². The zero-order valence-electron chi connectivity index (χ0n) is 12.7. The highest BCUT2D eigenvalue weighted by atomic mass is 35.5. The second kappa shape index (κ2) is 6.53. The predicted molar refractivity (Wildman–Crippen MR) is 86.7 cm³/mol. The van der Waals surface area contributed by atoms with E-state index in [0.717, 1.165) is 36.9 Å². The molecule has 0 saturated carbocycles. The third-order valence-electron chi connectivity index (χ3n) is 4.23. The van der Waals surface area contributed by atoms with Crippen molar-refractivity contribution in [2.45, 2.75) is 31.7 Å². The molecule has 22 heavy (non-hydrogen) atoms. The van der Waals surface area contributed by atoms with Gasteiger partial charge in [-0.05, 0) is 30.9 Å². The zero-order valence-corrected chi connectivity index (χ0v) is 13.5. The number of amides is 1. The number of aromatic nitrogens is 2. The number of rotatable bonds is 3. The number of likely N-dealkylation sites (tertiary alicyclic amines) is 1. The Kier molecular flexibility index (Phi) is 4.48. The van der Waals surface area contributed by atoms with Crippen LogP contribution in [0.2, 0.25) is 5.02 Å². The minimum Gasteiger partial charge on any atom is -0.335 e. The summed E-state index contributed by atoms with van der Waals surface area (Å²) in [5, 5.41) is 4.90. The molecule has 0 unspecified atom stereocenters. The molecule has 1 aliphatic heterocycles. The number of halogens is 1. The van der Waals surface area contributed by atoms with Crippen molar-refractivity contribution in [1.29, 1.82) is 0 Å². The van der Waals surface area contributed by atoms with E-state index in [2.05, 4.69) is 5.10 Å². The van der Waals surface area contributed by atoms with Crippen molar-refractivity contribution in [3.63, 3.8) is 0 Å². The van der Waals surface area contributed by atoms with Crippen molar-refractivity contribution in [3.8, 4) is 0 Å². The molecule has 1 aromatic heterocycles. The van der Waals surface area contributed by atoms with Crippen LogP contribution in [0, 0.1) is 0 Å². The fraction of sp³-hybridized carbons (Fsp3) is 0.412. The molecule has 1 fully saturated rings. The standard InChI is InChI=1S/C17H20ClN3O/c1-20-12-14(11-19-20)16-8-4-5-9-21(16)17(22)10-13-6-2-3-7-15(13)18/h2-3,6-7,11-12,16H,4-5,8-10H2,1H3/t16-/m1/s1. The van der Waals surface area contributed by atoms with Crippen LogP contribution >= 0.6 is 11.6 Å². The van der Waals surface area contributed by atoms with Crippen LogP contribution in [0.4, 0.5) is 0 Å². The maximum atomic E-state index is 12.8. The van der Waals surface area contributed by atoms with Gasteiger partial charge in [0.1, 0.15) is 0 Å². The average molecular weight is 318 g/mol. The summed E-state index contributed by atoms with van der Waals surface area (Å²) < 4.78 is 1.79. The highest BCUT2D eigenvalue weighted by Gasteiger charge is 2.28. The van der Waals surface area contributed by atoms with Crippen LogP contribution < -0.4 is 0 Å². The SMILES string of the molecule is Cn1cc([C@H]2CCCCN2C(=O)Cc2ccccc2Cl)cn1. The molecular formula is C17H20ClN3O. The van der Waals surface area contributed by atoms with Gasteiger partial charge in [-0.3, -0.25) is 9.48 Å². The molecule has 0 aliphatic carbocycles. The number of benzene rings is 1. The van der Waals surface area contributed by atoms with Crippen LogP contribution in [0.15, 0.2) is 36.7 Å². The van der Waals surface area contributed by atoms with Gasteiger partial charge >= 0.3 is 0 Å². The Morgan fingerprint density at radius 2 is 2.18 bits per heavy atom. The summed E-state index contributed by atoms with van der Waals surface area (Å²) >= 11 is 6.18. The van der Waals surface area contributed by atoms with E-state index in [9.17, 15) is 4.79 Å². The number of hydrogen-bond donors (Lipinski definition) is 0. The van der Waals surface area contributed by atoms with Gasteiger partial charge in [0.25, 0.3) is 0 Å². The van der Waals surface area contributed by atoms with Crippen molar-refractivity contribution in [2.24, 2.45) is 7.05 Å². The van der Waals surface area contributed by atoms with E-state index < -0.39 is 0 Å². The molecule has 1 amide bonds. The zero-order chi connectivity index (χ0) is 15.5. The van der Waals surface area contributed by atoms with Crippen LogP contribution in [-0.4, -0.2) is 27.1 Å². The molecule has 0 spiro atoms. The molecule has 2 aromatic rings. The first kappa shape index (κ1) is 15.1. The van der Waals surface area contributed by atoms with Crippen LogP contribution in [0.1, 0.15) is 36.4 Å². The predicted octanol–water partition coefficient (Wildman–Crippen LogP) is 3.37. The Bertz CT molecular complexity index is 667. The summed E-state index contributed by atoms with van der Waals surface area (Å²) in [4.78, 5) is 14.7. The summed E-state index contributed by atoms with van der Waals surface area (Å²) in [7, 11) is 1.90. The molecule has 1 aromatic carbocycles. The lowest BCUT2D eigenvalue weighted by molar-refractivity contribution is -0.134. The van der Waals surface area contributed by atoms with Crippen molar-refractivity contribution in [3.05, 3.63) is 52.8 Å². The molecule has 1 saturated heterocycles. The molecule has 2 heterocycles. The maximum Gasteiger partial charge on any atom is 0.227 e. The van der Waals surface area contributed by atoms with Crippen molar-refractivity contribution < 1.29 is 4.79 Å². The Labute approximate surface area is 135 Å². The van der Waals surface area contributed by atoms with Crippen LogP contribution in [0.25, 0.3) is 0 Å². The Hall–Kier alpha value is -1.81. The van der Waals surface area contributed by atoms with E-state index in [1.165, 1.54) is 0 Å². The number of carbonyl (C=O) groups is 1. The lowest BCUT2D eigenvalue weighted by Crippen LogP contribution is -2.39. The highest BCUT2D eigenvalue weighted by Crippen LogP contribution is 2.31. The van der Waals surface area contributed by atoms with E-state index in [1.54, 1.807) is 4.68 Å². The number of piperidine rings is 1. The van der Waals surface area contributed by atoms with Crippen molar-refractivity contribution >= 4 is 17.5 Å². The lowest BCUT2D eigenvalue weighted by Gasteiger charge is -2.35. The average Bonchev–Trinajstić information content (AvgIpc) is 2.96. The molecule has 5 heteroatoms. The summed E-state index contributed by atoms with van der Waals surface area (Å²) in [5.74, 6) is 0.140. The van der Waals surface area contributed by atoms with E-state index in [0.29, 0.717) is 11.4 Å². The molecule has 1 aliphatic rings. The molecule has 0 bridgehead atoms. The van der Waals surface area contributed by atoms with Crippen LogP contribution in [0.5, 0.6) is 0 Å². The number of aryl methyl sites for hydroxylation is 1. The van der Waals surface area contributed by atoms with Gasteiger partial charge in [0, 0.05) is 30.4 Å². The number of nitrogens with zero attached hydrogens (tertiary/aromatic N) is 3. The normalized spacial score (nSPS) is 18.5. The summed E-state index contributed by atoms with van der Waals surface area (Å²) in [6.45, 7) is 0.808. The third kappa shape index (κ3) is 3.17. The summed E-state index contributed by atoms with van der Waals surface area (Å²) in [5.41, 5.74) is 2.01. The Balaban J connectivity index is 1.78. The van der Waals surface area contributed by atoms with Gasteiger partial charge in [0.2, 0.25) is 5.91 Å². The van der Waals surface area contributed by atoms with Crippen LogP contribution in [0.3, 0.4) is 0 Å². The second-order valence-corrected chi connectivity index (χ2v) is 6.22. The molecule has 0 N–H and O–H groups in total. The minimum atomic E-state index is 0.137.